The van der Waals surface area contributed by atoms with Crippen LogP contribution in [-0.2, 0) is 10.0 Å². The molecule has 5 nitrogen and oxygen atoms in total. The van der Waals surface area contributed by atoms with Crippen LogP contribution >= 0.6 is 0 Å². The van der Waals surface area contributed by atoms with E-state index in [4.69, 9.17) is 0 Å². The fourth-order valence-electron chi connectivity index (χ4n) is 5.53. The third-order valence-corrected chi connectivity index (χ3v) is 8.53. The second kappa shape index (κ2) is 5.95. The number of hydrogen-bond donors (Lipinski definition) is 1. The zero-order chi connectivity index (χ0) is 20.6. The summed E-state index contributed by atoms with van der Waals surface area (Å²) in [6.07, 6.45) is 0. The van der Waals surface area contributed by atoms with Crippen molar-refractivity contribution in [2.75, 3.05) is 0 Å². The van der Waals surface area contributed by atoms with Crippen LogP contribution in [0.2, 0.25) is 0 Å². The highest BCUT2D eigenvalue weighted by molar-refractivity contribution is 7.89. The summed E-state index contributed by atoms with van der Waals surface area (Å²) in [6, 6.07) is 21.7. The van der Waals surface area contributed by atoms with E-state index < -0.39 is 22.1 Å². The molecule has 2 unspecified atom stereocenters. The lowest BCUT2D eigenvalue weighted by molar-refractivity contribution is 0.228. The van der Waals surface area contributed by atoms with Crippen molar-refractivity contribution in [1.29, 1.82) is 0 Å². The Morgan fingerprint density at radius 1 is 0.767 bits per heavy atom. The fraction of sp³-hybridized carbons (Fsp3) is 0.208. The first-order chi connectivity index (χ1) is 14.5. The normalized spacial score (nSPS) is 26.0. The van der Waals surface area contributed by atoms with Crippen LogP contribution in [0, 0.1) is 6.92 Å². The summed E-state index contributed by atoms with van der Waals surface area (Å²) in [5, 5.41) is 3.01. The molecule has 7 rings (SSSR count). The molecule has 1 N–H and O–H groups in total. The zero-order valence-electron chi connectivity index (χ0n) is 16.3. The number of nitrogens with one attached hydrogen (secondary N) is 1. The number of carbonyl (C=O) groups excluding carboxylic acids is 1. The summed E-state index contributed by atoms with van der Waals surface area (Å²) in [5.74, 6) is -0.249. The molecule has 0 spiro atoms. The summed E-state index contributed by atoms with van der Waals surface area (Å²) in [7, 11) is -3.98. The van der Waals surface area contributed by atoms with E-state index in [1.165, 1.54) is 11.1 Å². The van der Waals surface area contributed by atoms with Gasteiger partial charge in [-0.15, -0.1) is 0 Å². The van der Waals surface area contributed by atoms with E-state index in [1.807, 2.05) is 31.2 Å². The van der Waals surface area contributed by atoms with Gasteiger partial charge < -0.3 is 5.32 Å². The number of aryl methyl sites for hydroxylation is 1. The van der Waals surface area contributed by atoms with E-state index >= 15 is 0 Å². The summed E-state index contributed by atoms with van der Waals surface area (Å²) in [4.78, 5) is 13.2. The van der Waals surface area contributed by atoms with E-state index in [-0.39, 0.29) is 22.8 Å². The van der Waals surface area contributed by atoms with Crippen molar-refractivity contribution in [3.63, 3.8) is 0 Å². The van der Waals surface area contributed by atoms with Crippen LogP contribution in [0.3, 0.4) is 0 Å². The van der Waals surface area contributed by atoms with E-state index in [0.29, 0.717) is 0 Å². The Labute approximate surface area is 175 Å². The average Bonchev–Trinajstić information content (AvgIpc) is 3.11. The minimum atomic E-state index is -3.98. The average molecular weight is 417 g/mol. The highest BCUT2D eigenvalue weighted by Crippen LogP contribution is 2.56. The maximum Gasteiger partial charge on any atom is 0.332 e. The monoisotopic (exact) mass is 416 g/mol. The molecule has 2 bridgehead atoms. The van der Waals surface area contributed by atoms with Crippen LogP contribution in [0.1, 0.15) is 39.7 Å². The quantitative estimate of drug-likeness (QED) is 0.692. The van der Waals surface area contributed by atoms with E-state index in [2.05, 4.69) is 29.6 Å². The lowest BCUT2D eigenvalue weighted by atomic mass is 9.59. The van der Waals surface area contributed by atoms with Gasteiger partial charge >= 0.3 is 6.03 Å². The fourth-order valence-corrected chi connectivity index (χ4v) is 7.09. The molecule has 150 valence electrons. The standard InChI is InChI=1S/C24H20N2O3S/c1-14-10-12-15(13-11-14)30(28,29)26-23-21-18-8-4-2-6-16(18)20(22(23)25-24(26)27)17-7-3-5-9-19(17)21/h2-13,20-23H,1H3,(H,25,27). The zero-order valence-corrected chi connectivity index (χ0v) is 17.1. The number of hydrogen-bond acceptors (Lipinski definition) is 3. The Morgan fingerprint density at radius 2 is 1.27 bits per heavy atom. The molecule has 0 radical (unpaired) electrons. The van der Waals surface area contributed by atoms with Crippen molar-refractivity contribution in [1.82, 2.24) is 9.62 Å². The van der Waals surface area contributed by atoms with Crippen LogP contribution in [0.4, 0.5) is 4.79 Å². The number of amides is 2. The van der Waals surface area contributed by atoms with Gasteiger partial charge in [0.05, 0.1) is 17.0 Å². The van der Waals surface area contributed by atoms with Crippen molar-refractivity contribution in [2.24, 2.45) is 0 Å². The van der Waals surface area contributed by atoms with E-state index in [1.54, 1.807) is 24.3 Å². The Bertz CT molecular complexity index is 1250. The van der Waals surface area contributed by atoms with Gasteiger partial charge in [0.1, 0.15) is 0 Å². The molecular weight excluding hydrogens is 396 g/mol. The molecule has 2 amide bonds. The highest BCUT2D eigenvalue weighted by Gasteiger charge is 2.59. The van der Waals surface area contributed by atoms with Gasteiger partial charge in [-0.2, -0.15) is 0 Å². The molecule has 30 heavy (non-hydrogen) atoms. The largest absolute Gasteiger partial charge is 0.332 e. The topological polar surface area (TPSA) is 66.5 Å². The predicted molar refractivity (Wildman–Crippen MR) is 113 cm³/mol. The van der Waals surface area contributed by atoms with Crippen LogP contribution in [-0.4, -0.2) is 30.8 Å². The molecule has 4 aliphatic rings. The first-order valence-corrected chi connectivity index (χ1v) is 11.5. The molecule has 6 heteroatoms. The Kier molecular flexibility index (Phi) is 3.51. The van der Waals surface area contributed by atoms with Crippen LogP contribution < -0.4 is 5.32 Å². The first-order valence-electron chi connectivity index (χ1n) is 10.1. The van der Waals surface area contributed by atoms with Crippen LogP contribution in [0.25, 0.3) is 0 Å². The van der Waals surface area contributed by atoms with Crippen LogP contribution in [0.5, 0.6) is 0 Å². The number of carbonyl (C=O) groups is 1. The molecule has 2 atom stereocenters. The van der Waals surface area contributed by atoms with Gasteiger partial charge in [-0.25, -0.2) is 17.5 Å². The van der Waals surface area contributed by atoms with Gasteiger partial charge in [0.15, 0.2) is 0 Å². The molecule has 0 saturated carbocycles. The predicted octanol–water partition coefficient (Wildman–Crippen LogP) is 3.74. The van der Waals surface area contributed by atoms with Gasteiger partial charge in [0, 0.05) is 11.8 Å². The maximum absolute atomic E-state index is 13.6. The molecule has 1 heterocycles. The number of benzene rings is 3. The number of rotatable bonds is 2. The van der Waals surface area contributed by atoms with Gasteiger partial charge in [-0.1, -0.05) is 66.2 Å². The second-order valence-electron chi connectivity index (χ2n) is 8.29. The highest BCUT2D eigenvalue weighted by atomic mass is 32.2. The van der Waals surface area contributed by atoms with E-state index in [9.17, 15) is 13.2 Å². The molecule has 0 aromatic heterocycles. The first kappa shape index (κ1) is 17.7. The summed E-state index contributed by atoms with van der Waals surface area (Å²) in [5.41, 5.74) is 5.55. The molecule has 1 fully saturated rings. The summed E-state index contributed by atoms with van der Waals surface area (Å²) in [6.45, 7) is 1.91. The summed E-state index contributed by atoms with van der Waals surface area (Å²) >= 11 is 0. The molecule has 1 saturated heterocycles. The molecule has 3 aliphatic carbocycles. The Morgan fingerprint density at radius 3 is 1.80 bits per heavy atom. The minimum Gasteiger partial charge on any atom is -0.331 e. The lowest BCUT2D eigenvalue weighted by Gasteiger charge is -2.48. The van der Waals surface area contributed by atoms with Gasteiger partial charge in [0.2, 0.25) is 0 Å². The minimum absolute atomic E-state index is 0.0606. The molecule has 1 aliphatic heterocycles. The van der Waals surface area contributed by atoms with Crippen molar-refractivity contribution in [2.45, 2.75) is 35.7 Å². The lowest BCUT2D eigenvalue weighted by Crippen LogP contribution is -2.53. The van der Waals surface area contributed by atoms with Crippen molar-refractivity contribution in [3.05, 3.63) is 101 Å². The van der Waals surface area contributed by atoms with Crippen molar-refractivity contribution in [3.8, 4) is 0 Å². The van der Waals surface area contributed by atoms with Crippen LogP contribution in [0.15, 0.2) is 77.7 Å². The second-order valence-corrected chi connectivity index (χ2v) is 10.1. The van der Waals surface area contributed by atoms with Gasteiger partial charge in [-0.05, 0) is 41.3 Å². The van der Waals surface area contributed by atoms with Crippen molar-refractivity contribution >= 4 is 16.1 Å². The number of urea groups is 1. The van der Waals surface area contributed by atoms with Crippen molar-refractivity contribution < 1.29 is 13.2 Å². The maximum atomic E-state index is 13.6. The van der Waals surface area contributed by atoms with E-state index in [0.717, 1.165) is 21.0 Å². The van der Waals surface area contributed by atoms with Gasteiger partial charge in [0.25, 0.3) is 10.0 Å². The SMILES string of the molecule is Cc1ccc(S(=O)(=O)N2C(=O)NC3C4c5ccccc5C(c5ccccc54)C32)cc1. The third kappa shape index (κ3) is 2.17. The number of sulfonamides is 1. The molecule has 3 aromatic carbocycles. The number of nitrogens with zero attached hydrogens (tertiary/aromatic N) is 1. The van der Waals surface area contributed by atoms with Gasteiger partial charge in [-0.3, -0.25) is 0 Å². The Hall–Kier alpha value is -3.12. The summed E-state index contributed by atoms with van der Waals surface area (Å²) < 4.78 is 28.3. The molecular formula is C24H20N2O3S. The Balaban J connectivity index is 1.56. The molecule has 3 aromatic rings. The smallest absolute Gasteiger partial charge is 0.331 e. The third-order valence-electron chi connectivity index (χ3n) is 6.74.